The lowest BCUT2D eigenvalue weighted by Gasteiger charge is -2.37. The van der Waals surface area contributed by atoms with Crippen molar-refractivity contribution in [1.82, 2.24) is 4.90 Å². The topological polar surface area (TPSA) is 38.8 Å². The molecular formula is C14H25NO3. The second kappa shape index (κ2) is 6.64. The molecular weight excluding hydrogens is 230 g/mol. The molecule has 104 valence electrons. The molecule has 2 aliphatic heterocycles. The van der Waals surface area contributed by atoms with Crippen LogP contribution in [0, 0.1) is 5.41 Å². The Morgan fingerprint density at radius 1 is 1.39 bits per heavy atom. The minimum absolute atomic E-state index is 0.285. The maximum atomic E-state index is 11.4. The summed E-state index contributed by atoms with van der Waals surface area (Å²) in [5.74, 6) is 0. The van der Waals surface area contributed by atoms with Gasteiger partial charge in [0, 0.05) is 26.3 Å². The number of ether oxygens (including phenoxy) is 2. The Labute approximate surface area is 110 Å². The summed E-state index contributed by atoms with van der Waals surface area (Å²) in [6, 6.07) is 0. The Kier molecular flexibility index (Phi) is 5.15. The van der Waals surface area contributed by atoms with Crippen molar-refractivity contribution in [2.24, 2.45) is 5.41 Å². The molecule has 2 aliphatic rings. The molecule has 2 heterocycles. The molecule has 18 heavy (non-hydrogen) atoms. The van der Waals surface area contributed by atoms with E-state index in [1.54, 1.807) is 0 Å². The summed E-state index contributed by atoms with van der Waals surface area (Å²) < 4.78 is 11.2. The van der Waals surface area contributed by atoms with Gasteiger partial charge in [-0.25, -0.2) is 0 Å². The average molecular weight is 255 g/mol. The number of likely N-dealkylation sites (N-methyl/N-ethyl adjacent to an activating group) is 1. The summed E-state index contributed by atoms with van der Waals surface area (Å²) in [6.45, 7) is 7.15. The van der Waals surface area contributed by atoms with E-state index in [9.17, 15) is 4.79 Å². The molecule has 2 saturated heterocycles. The third-order valence-corrected chi connectivity index (χ3v) is 4.07. The van der Waals surface area contributed by atoms with Crippen LogP contribution in [0.5, 0.6) is 0 Å². The highest BCUT2D eigenvalue weighted by atomic mass is 16.5. The van der Waals surface area contributed by atoms with E-state index in [1.165, 1.54) is 6.42 Å². The van der Waals surface area contributed by atoms with Crippen LogP contribution in [-0.4, -0.2) is 56.7 Å². The first-order chi connectivity index (χ1) is 8.78. The molecule has 0 aromatic carbocycles. The zero-order valence-corrected chi connectivity index (χ0v) is 11.4. The summed E-state index contributed by atoms with van der Waals surface area (Å²) in [5.41, 5.74) is -0.285. The number of carbonyl (C=O) groups excluding carboxylic acids is 1. The quantitative estimate of drug-likeness (QED) is 0.674. The van der Waals surface area contributed by atoms with Gasteiger partial charge in [0.05, 0.1) is 18.1 Å². The van der Waals surface area contributed by atoms with E-state index in [-0.39, 0.29) is 5.41 Å². The van der Waals surface area contributed by atoms with Gasteiger partial charge in [0.15, 0.2) is 0 Å². The molecule has 2 unspecified atom stereocenters. The van der Waals surface area contributed by atoms with E-state index < -0.39 is 0 Å². The Morgan fingerprint density at radius 2 is 2.28 bits per heavy atom. The van der Waals surface area contributed by atoms with Gasteiger partial charge in [-0.05, 0) is 32.2 Å². The van der Waals surface area contributed by atoms with Crippen molar-refractivity contribution in [2.75, 3.05) is 39.5 Å². The van der Waals surface area contributed by atoms with Gasteiger partial charge in [0.25, 0.3) is 0 Å². The highest BCUT2D eigenvalue weighted by Gasteiger charge is 2.35. The van der Waals surface area contributed by atoms with Crippen LogP contribution in [0.15, 0.2) is 0 Å². The standard InChI is InChI=1S/C14H25NO3/c1-2-15(9-13-5-3-8-18-13)10-14(11-16)6-4-7-17-12-14/h11,13H,2-10,12H2,1H3. The highest BCUT2D eigenvalue weighted by molar-refractivity contribution is 5.60. The van der Waals surface area contributed by atoms with Crippen molar-refractivity contribution in [3.8, 4) is 0 Å². The van der Waals surface area contributed by atoms with Gasteiger partial charge < -0.3 is 14.3 Å². The van der Waals surface area contributed by atoms with E-state index in [2.05, 4.69) is 11.8 Å². The second-order valence-corrected chi connectivity index (χ2v) is 5.60. The molecule has 0 amide bonds. The summed E-state index contributed by atoms with van der Waals surface area (Å²) >= 11 is 0. The molecule has 0 bridgehead atoms. The normalized spacial score (nSPS) is 32.9. The molecule has 4 heteroatoms. The van der Waals surface area contributed by atoms with Crippen molar-refractivity contribution in [1.29, 1.82) is 0 Å². The van der Waals surface area contributed by atoms with E-state index >= 15 is 0 Å². The molecule has 4 nitrogen and oxygen atoms in total. The van der Waals surface area contributed by atoms with Gasteiger partial charge in [-0.2, -0.15) is 0 Å². The van der Waals surface area contributed by atoms with Crippen LogP contribution in [0.4, 0.5) is 0 Å². The monoisotopic (exact) mass is 255 g/mol. The van der Waals surface area contributed by atoms with Crippen molar-refractivity contribution < 1.29 is 14.3 Å². The van der Waals surface area contributed by atoms with E-state index in [0.717, 1.165) is 58.4 Å². The number of hydrogen-bond acceptors (Lipinski definition) is 4. The number of hydrogen-bond donors (Lipinski definition) is 0. The Bertz CT molecular complexity index is 258. The van der Waals surface area contributed by atoms with Gasteiger partial charge >= 0.3 is 0 Å². The van der Waals surface area contributed by atoms with Crippen molar-refractivity contribution >= 4 is 6.29 Å². The molecule has 0 saturated carbocycles. The molecule has 0 radical (unpaired) electrons. The first-order valence-electron chi connectivity index (χ1n) is 7.16. The van der Waals surface area contributed by atoms with E-state index in [1.807, 2.05) is 0 Å². The highest BCUT2D eigenvalue weighted by Crippen LogP contribution is 2.28. The molecule has 0 N–H and O–H groups in total. The summed E-state index contributed by atoms with van der Waals surface area (Å²) in [4.78, 5) is 13.8. The number of rotatable bonds is 6. The van der Waals surface area contributed by atoms with Crippen LogP contribution in [-0.2, 0) is 14.3 Å². The first kappa shape index (κ1) is 14.0. The zero-order valence-electron chi connectivity index (χ0n) is 11.4. The molecule has 0 aromatic heterocycles. The van der Waals surface area contributed by atoms with E-state index in [4.69, 9.17) is 9.47 Å². The lowest BCUT2D eigenvalue weighted by atomic mass is 9.83. The molecule has 2 atom stereocenters. The average Bonchev–Trinajstić information content (AvgIpc) is 2.92. The van der Waals surface area contributed by atoms with Gasteiger partial charge in [0.2, 0.25) is 0 Å². The van der Waals surface area contributed by atoms with Crippen LogP contribution < -0.4 is 0 Å². The second-order valence-electron chi connectivity index (χ2n) is 5.60. The number of carbonyl (C=O) groups is 1. The summed E-state index contributed by atoms with van der Waals surface area (Å²) in [7, 11) is 0. The third kappa shape index (κ3) is 3.53. The lowest BCUT2D eigenvalue weighted by Crippen LogP contribution is -2.46. The minimum atomic E-state index is -0.285. The smallest absolute Gasteiger partial charge is 0.129 e. The minimum Gasteiger partial charge on any atom is -0.380 e. The van der Waals surface area contributed by atoms with Crippen LogP contribution in [0.25, 0.3) is 0 Å². The summed E-state index contributed by atoms with van der Waals surface area (Å²) in [5, 5.41) is 0. The summed E-state index contributed by atoms with van der Waals surface area (Å²) in [6.07, 6.45) is 5.75. The SMILES string of the molecule is CCN(CC1CCCO1)CC1(C=O)CCCOC1. The largest absolute Gasteiger partial charge is 0.380 e. The fourth-order valence-electron chi connectivity index (χ4n) is 2.96. The zero-order chi connectivity index (χ0) is 12.8. The predicted molar refractivity (Wildman–Crippen MR) is 69.6 cm³/mol. The molecule has 0 spiro atoms. The molecule has 2 fully saturated rings. The van der Waals surface area contributed by atoms with Crippen LogP contribution in [0.1, 0.15) is 32.6 Å². The first-order valence-corrected chi connectivity index (χ1v) is 7.16. The van der Waals surface area contributed by atoms with Gasteiger partial charge in [-0.1, -0.05) is 6.92 Å². The number of aldehydes is 1. The van der Waals surface area contributed by atoms with Gasteiger partial charge in [0.1, 0.15) is 6.29 Å². The van der Waals surface area contributed by atoms with Crippen LogP contribution in [0.2, 0.25) is 0 Å². The maximum absolute atomic E-state index is 11.4. The maximum Gasteiger partial charge on any atom is 0.129 e. The van der Waals surface area contributed by atoms with E-state index in [0.29, 0.717) is 12.7 Å². The Balaban J connectivity index is 1.88. The predicted octanol–water partition coefficient (Wildman–Crippen LogP) is 1.48. The third-order valence-electron chi connectivity index (χ3n) is 4.07. The van der Waals surface area contributed by atoms with Gasteiger partial charge in [-0.15, -0.1) is 0 Å². The molecule has 0 aliphatic carbocycles. The lowest BCUT2D eigenvalue weighted by molar-refractivity contribution is -0.126. The van der Waals surface area contributed by atoms with Crippen LogP contribution >= 0.6 is 0 Å². The fraction of sp³-hybridized carbons (Fsp3) is 0.929. The Morgan fingerprint density at radius 3 is 2.83 bits per heavy atom. The van der Waals surface area contributed by atoms with Gasteiger partial charge in [-0.3, -0.25) is 4.90 Å². The number of nitrogens with zero attached hydrogens (tertiary/aromatic N) is 1. The fourth-order valence-corrected chi connectivity index (χ4v) is 2.96. The molecule has 0 aromatic rings. The van der Waals surface area contributed by atoms with Crippen molar-refractivity contribution in [2.45, 2.75) is 38.7 Å². The van der Waals surface area contributed by atoms with Crippen molar-refractivity contribution in [3.63, 3.8) is 0 Å². The molecule has 2 rings (SSSR count). The van der Waals surface area contributed by atoms with Crippen molar-refractivity contribution in [3.05, 3.63) is 0 Å². The van der Waals surface area contributed by atoms with Crippen LogP contribution in [0.3, 0.4) is 0 Å². The Hall–Kier alpha value is -0.450.